The molecule has 3 heterocycles. The Morgan fingerprint density at radius 2 is 1.96 bits per heavy atom. The van der Waals surface area contributed by atoms with Gasteiger partial charge in [-0.05, 0) is 38.3 Å². The summed E-state index contributed by atoms with van der Waals surface area (Å²) in [5, 5.41) is 9.60. The van der Waals surface area contributed by atoms with Crippen LogP contribution in [0.15, 0.2) is 18.5 Å². The molecule has 130 valence electrons. The van der Waals surface area contributed by atoms with E-state index in [2.05, 4.69) is 9.88 Å². The lowest BCUT2D eigenvalue weighted by atomic mass is 9.94. The van der Waals surface area contributed by atoms with E-state index in [1.807, 2.05) is 4.90 Å². The first kappa shape index (κ1) is 17.2. The molecule has 6 nitrogen and oxygen atoms in total. The van der Waals surface area contributed by atoms with E-state index >= 15 is 0 Å². The van der Waals surface area contributed by atoms with E-state index in [4.69, 9.17) is 11.6 Å². The van der Waals surface area contributed by atoms with Crippen molar-refractivity contribution in [2.45, 2.75) is 31.7 Å². The molecule has 1 unspecified atom stereocenters. The lowest BCUT2D eigenvalue weighted by Gasteiger charge is -2.41. The number of rotatable bonds is 3. The van der Waals surface area contributed by atoms with Crippen molar-refractivity contribution in [3.63, 3.8) is 0 Å². The monoisotopic (exact) mass is 351 g/mol. The Morgan fingerprint density at radius 3 is 2.62 bits per heavy atom. The molecule has 2 aliphatic heterocycles. The van der Waals surface area contributed by atoms with Gasteiger partial charge in [0.1, 0.15) is 0 Å². The van der Waals surface area contributed by atoms with Crippen LogP contribution < -0.4 is 0 Å². The second-order valence-electron chi connectivity index (χ2n) is 6.55. The van der Waals surface area contributed by atoms with Crippen molar-refractivity contribution in [2.24, 2.45) is 5.92 Å². The van der Waals surface area contributed by atoms with Gasteiger partial charge in [-0.25, -0.2) is 0 Å². The number of hydrogen-bond acceptors (Lipinski definition) is 4. The van der Waals surface area contributed by atoms with Gasteiger partial charge in [-0.2, -0.15) is 0 Å². The summed E-state index contributed by atoms with van der Waals surface area (Å²) in [6.07, 6.45) is 6.51. The molecule has 7 heteroatoms. The van der Waals surface area contributed by atoms with Crippen LogP contribution in [0.1, 0.15) is 36.0 Å². The number of aliphatic carboxylic acids is 1. The topological polar surface area (TPSA) is 73.7 Å². The number of nitrogens with zero attached hydrogens (tertiary/aromatic N) is 3. The minimum atomic E-state index is -0.695. The molecule has 1 N–H and O–H groups in total. The molecule has 1 aromatic heterocycles. The van der Waals surface area contributed by atoms with E-state index < -0.39 is 5.97 Å². The van der Waals surface area contributed by atoms with Crippen molar-refractivity contribution in [2.75, 3.05) is 26.2 Å². The highest BCUT2D eigenvalue weighted by atomic mass is 35.5. The number of carbonyl (C=O) groups is 2. The third kappa shape index (κ3) is 3.70. The van der Waals surface area contributed by atoms with Crippen molar-refractivity contribution >= 4 is 23.5 Å². The highest BCUT2D eigenvalue weighted by Crippen LogP contribution is 2.25. The number of carboxylic acids is 1. The van der Waals surface area contributed by atoms with Crippen LogP contribution in [0.2, 0.25) is 5.02 Å². The van der Waals surface area contributed by atoms with Crippen LogP contribution >= 0.6 is 11.6 Å². The van der Waals surface area contributed by atoms with Crippen LogP contribution in [0, 0.1) is 5.92 Å². The number of piperidine rings is 2. The smallest absolute Gasteiger partial charge is 0.307 e. The molecule has 1 aromatic rings. The molecule has 0 bridgehead atoms. The van der Waals surface area contributed by atoms with Crippen LogP contribution in [0.4, 0.5) is 0 Å². The maximum Gasteiger partial charge on any atom is 0.307 e. The zero-order valence-corrected chi connectivity index (χ0v) is 14.3. The first-order valence-electron chi connectivity index (χ1n) is 8.42. The molecule has 2 saturated heterocycles. The minimum absolute atomic E-state index is 0.0529. The standard InChI is InChI=1S/C17H22ClN3O3/c18-15-10-19-6-3-14(15)16(22)20-8-4-13(5-9-20)21-7-1-2-12(11-21)17(23)24/h3,6,10,12-13H,1-2,4-5,7-9,11H2,(H,23,24). The van der Waals surface area contributed by atoms with E-state index in [1.165, 1.54) is 6.20 Å². The maximum atomic E-state index is 12.6. The van der Waals surface area contributed by atoms with Crippen molar-refractivity contribution < 1.29 is 14.7 Å². The SMILES string of the molecule is O=C(O)C1CCCN(C2CCN(C(=O)c3ccncc3Cl)CC2)C1. The zero-order valence-electron chi connectivity index (χ0n) is 13.5. The van der Waals surface area contributed by atoms with Crippen molar-refractivity contribution in [1.29, 1.82) is 0 Å². The summed E-state index contributed by atoms with van der Waals surface area (Å²) in [7, 11) is 0. The van der Waals surface area contributed by atoms with Gasteiger partial charge in [-0.15, -0.1) is 0 Å². The predicted molar refractivity (Wildman–Crippen MR) is 90.1 cm³/mol. The van der Waals surface area contributed by atoms with Gasteiger partial charge in [0.25, 0.3) is 5.91 Å². The average Bonchev–Trinajstić information content (AvgIpc) is 2.62. The number of carboxylic acid groups (broad SMARTS) is 1. The highest BCUT2D eigenvalue weighted by Gasteiger charge is 2.32. The van der Waals surface area contributed by atoms with Crippen LogP contribution in [0.25, 0.3) is 0 Å². The van der Waals surface area contributed by atoms with Crippen LogP contribution in [0.5, 0.6) is 0 Å². The number of aromatic nitrogens is 1. The molecule has 2 aliphatic rings. The summed E-state index contributed by atoms with van der Waals surface area (Å²) in [4.78, 5) is 31.8. The molecule has 0 aliphatic carbocycles. The van der Waals surface area contributed by atoms with E-state index in [0.717, 1.165) is 32.2 Å². The van der Waals surface area contributed by atoms with E-state index in [1.54, 1.807) is 12.3 Å². The number of likely N-dealkylation sites (tertiary alicyclic amines) is 2. The molecule has 0 saturated carbocycles. The summed E-state index contributed by atoms with van der Waals surface area (Å²) >= 11 is 6.06. The Balaban J connectivity index is 1.57. The van der Waals surface area contributed by atoms with E-state index in [0.29, 0.717) is 36.3 Å². The van der Waals surface area contributed by atoms with Gasteiger partial charge in [0.2, 0.25) is 0 Å². The molecular weight excluding hydrogens is 330 g/mol. The summed E-state index contributed by atoms with van der Waals surface area (Å²) in [6.45, 7) is 2.94. The Morgan fingerprint density at radius 1 is 1.21 bits per heavy atom. The first-order valence-corrected chi connectivity index (χ1v) is 8.79. The fourth-order valence-corrected chi connectivity index (χ4v) is 3.89. The van der Waals surface area contributed by atoms with Crippen LogP contribution in [0.3, 0.4) is 0 Å². The zero-order chi connectivity index (χ0) is 17.1. The Kier molecular flexibility index (Phi) is 5.36. The third-order valence-electron chi connectivity index (χ3n) is 5.07. The second kappa shape index (κ2) is 7.49. The fourth-order valence-electron chi connectivity index (χ4n) is 3.69. The molecular formula is C17H22ClN3O3. The van der Waals surface area contributed by atoms with Gasteiger partial charge in [0, 0.05) is 38.1 Å². The van der Waals surface area contributed by atoms with Gasteiger partial charge in [0.15, 0.2) is 0 Å². The first-order chi connectivity index (χ1) is 11.6. The fraction of sp³-hybridized carbons (Fsp3) is 0.588. The molecule has 0 spiro atoms. The molecule has 1 amide bonds. The van der Waals surface area contributed by atoms with Gasteiger partial charge < -0.3 is 10.0 Å². The number of halogens is 1. The highest BCUT2D eigenvalue weighted by molar-refractivity contribution is 6.33. The summed E-state index contributed by atoms with van der Waals surface area (Å²) in [5.74, 6) is -1.00. The Bertz CT molecular complexity index is 617. The van der Waals surface area contributed by atoms with Gasteiger partial charge >= 0.3 is 5.97 Å². The third-order valence-corrected chi connectivity index (χ3v) is 5.37. The van der Waals surface area contributed by atoms with Crippen molar-refractivity contribution in [3.8, 4) is 0 Å². The molecule has 0 radical (unpaired) electrons. The molecule has 3 rings (SSSR count). The van der Waals surface area contributed by atoms with Crippen molar-refractivity contribution in [1.82, 2.24) is 14.8 Å². The quantitative estimate of drug-likeness (QED) is 0.903. The summed E-state index contributed by atoms with van der Waals surface area (Å²) in [6, 6.07) is 2.02. The van der Waals surface area contributed by atoms with E-state index in [9.17, 15) is 14.7 Å². The largest absolute Gasteiger partial charge is 0.481 e. The molecule has 2 fully saturated rings. The number of hydrogen-bond donors (Lipinski definition) is 1. The lowest BCUT2D eigenvalue weighted by Crippen LogP contribution is -2.50. The van der Waals surface area contributed by atoms with Crippen LogP contribution in [-0.2, 0) is 4.79 Å². The van der Waals surface area contributed by atoms with Gasteiger partial charge in [-0.1, -0.05) is 11.6 Å². The maximum absolute atomic E-state index is 12.6. The van der Waals surface area contributed by atoms with E-state index in [-0.39, 0.29) is 11.8 Å². The number of pyridine rings is 1. The average molecular weight is 352 g/mol. The number of amides is 1. The molecule has 24 heavy (non-hydrogen) atoms. The molecule has 0 aromatic carbocycles. The second-order valence-corrected chi connectivity index (χ2v) is 6.96. The minimum Gasteiger partial charge on any atom is -0.481 e. The van der Waals surface area contributed by atoms with Crippen LogP contribution in [-0.4, -0.2) is 64.0 Å². The summed E-state index contributed by atoms with van der Waals surface area (Å²) < 4.78 is 0. The normalized spacial score (nSPS) is 23.2. The summed E-state index contributed by atoms with van der Waals surface area (Å²) in [5.41, 5.74) is 0.494. The van der Waals surface area contributed by atoms with Gasteiger partial charge in [-0.3, -0.25) is 19.5 Å². The predicted octanol–water partition coefficient (Wildman–Crippen LogP) is 2.14. The Hall–Kier alpha value is -1.66. The molecule has 1 atom stereocenters. The Labute approximate surface area is 146 Å². The lowest BCUT2D eigenvalue weighted by molar-refractivity contribution is -0.144. The van der Waals surface area contributed by atoms with Crippen molar-refractivity contribution in [3.05, 3.63) is 29.0 Å². The number of carbonyl (C=O) groups excluding carboxylic acids is 1. The van der Waals surface area contributed by atoms with Gasteiger partial charge in [0.05, 0.1) is 16.5 Å².